The van der Waals surface area contributed by atoms with Gasteiger partial charge in [-0.25, -0.2) is 4.39 Å². The summed E-state index contributed by atoms with van der Waals surface area (Å²) in [5.41, 5.74) is 0.0687. The Bertz CT molecular complexity index is 445. The van der Waals surface area contributed by atoms with Crippen molar-refractivity contribution in [2.24, 2.45) is 0 Å². The lowest BCUT2D eigenvalue weighted by atomic mass is 10.2. The van der Waals surface area contributed by atoms with Crippen molar-refractivity contribution in [2.45, 2.75) is 0 Å². The third-order valence-corrected chi connectivity index (χ3v) is 3.16. The molecule has 0 aliphatic heterocycles. The number of anilines is 1. The van der Waals surface area contributed by atoms with Gasteiger partial charge in [-0.15, -0.1) is 0 Å². The molecule has 8 heteroatoms. The second kappa shape index (κ2) is 8.23. The van der Waals surface area contributed by atoms with E-state index >= 15 is 0 Å². The summed E-state index contributed by atoms with van der Waals surface area (Å²) in [4.78, 5) is 10.3. The third-order valence-electron chi connectivity index (χ3n) is 2.34. The number of rotatable bonds is 8. The molecule has 106 valence electrons. The largest absolute Gasteiger partial charge is 0.383 e. The van der Waals surface area contributed by atoms with E-state index in [9.17, 15) is 14.5 Å². The highest BCUT2D eigenvalue weighted by Gasteiger charge is 2.16. The van der Waals surface area contributed by atoms with E-state index in [1.54, 1.807) is 29.7 Å². The van der Waals surface area contributed by atoms with E-state index in [1.807, 2.05) is 0 Å². The normalized spacial score (nSPS) is 10.5. The van der Waals surface area contributed by atoms with Crippen LogP contribution in [-0.4, -0.2) is 38.3 Å². The average molecular weight is 383 g/mol. The van der Waals surface area contributed by atoms with Crippen LogP contribution >= 0.6 is 22.6 Å². The summed E-state index contributed by atoms with van der Waals surface area (Å²) in [7, 11) is 1.61. The van der Waals surface area contributed by atoms with Gasteiger partial charge >= 0.3 is 0 Å². The van der Waals surface area contributed by atoms with E-state index in [2.05, 4.69) is 10.6 Å². The van der Waals surface area contributed by atoms with Crippen molar-refractivity contribution in [1.29, 1.82) is 0 Å². The highest BCUT2D eigenvalue weighted by molar-refractivity contribution is 14.1. The molecule has 0 aliphatic rings. The minimum Gasteiger partial charge on any atom is -0.383 e. The Morgan fingerprint density at radius 1 is 1.42 bits per heavy atom. The number of halogens is 2. The summed E-state index contributed by atoms with van der Waals surface area (Å²) in [6.07, 6.45) is 0. The molecule has 0 aliphatic carbocycles. The Hall–Kier alpha value is -1.00. The van der Waals surface area contributed by atoms with Crippen molar-refractivity contribution in [3.8, 4) is 0 Å². The zero-order valence-electron chi connectivity index (χ0n) is 10.4. The molecule has 0 unspecified atom stereocenters. The highest BCUT2D eigenvalue weighted by Crippen LogP contribution is 2.28. The summed E-state index contributed by atoms with van der Waals surface area (Å²) in [5, 5.41) is 16.8. The minimum absolute atomic E-state index is 0.123. The molecule has 0 radical (unpaired) electrons. The molecular formula is C11H15FIN3O3. The highest BCUT2D eigenvalue weighted by atomic mass is 127. The van der Waals surface area contributed by atoms with Crippen LogP contribution in [0, 0.1) is 19.5 Å². The second-order valence-corrected chi connectivity index (χ2v) is 4.87. The van der Waals surface area contributed by atoms with Crippen molar-refractivity contribution in [1.82, 2.24) is 5.32 Å². The van der Waals surface area contributed by atoms with Crippen LogP contribution in [0.15, 0.2) is 12.1 Å². The van der Waals surface area contributed by atoms with Crippen LogP contribution in [0.2, 0.25) is 0 Å². The Morgan fingerprint density at radius 3 is 2.79 bits per heavy atom. The van der Waals surface area contributed by atoms with Crippen LogP contribution in [0.25, 0.3) is 0 Å². The first-order valence-corrected chi connectivity index (χ1v) is 6.71. The van der Waals surface area contributed by atoms with Gasteiger partial charge in [0.25, 0.3) is 5.69 Å². The standard InChI is InChI=1S/C11H15FIN3O3/c1-19-5-4-14-2-3-15-10-6-8(12)9(13)7-11(10)16(17)18/h6-7,14-15H,2-5H2,1H3. The maximum atomic E-state index is 13.4. The fourth-order valence-electron chi connectivity index (χ4n) is 1.41. The van der Waals surface area contributed by atoms with Gasteiger partial charge in [0.15, 0.2) is 0 Å². The zero-order chi connectivity index (χ0) is 14.3. The first-order valence-electron chi connectivity index (χ1n) is 5.63. The molecule has 0 atom stereocenters. The van der Waals surface area contributed by atoms with Crippen LogP contribution in [0.4, 0.5) is 15.8 Å². The molecule has 0 fully saturated rings. The van der Waals surface area contributed by atoms with Crippen molar-refractivity contribution >= 4 is 34.0 Å². The van der Waals surface area contributed by atoms with Gasteiger partial charge in [0.2, 0.25) is 0 Å². The van der Waals surface area contributed by atoms with E-state index in [0.29, 0.717) is 26.2 Å². The number of hydrogen-bond donors (Lipinski definition) is 2. The molecule has 1 aromatic rings. The molecule has 1 aromatic carbocycles. The molecule has 0 heterocycles. The van der Waals surface area contributed by atoms with Gasteiger partial charge in [-0.2, -0.15) is 0 Å². The Morgan fingerprint density at radius 2 is 2.16 bits per heavy atom. The van der Waals surface area contributed by atoms with E-state index < -0.39 is 10.7 Å². The number of nitro benzene ring substituents is 1. The number of methoxy groups -OCH3 is 1. The molecule has 0 spiro atoms. The molecule has 0 saturated heterocycles. The van der Waals surface area contributed by atoms with Gasteiger partial charge in [0.05, 0.1) is 15.1 Å². The van der Waals surface area contributed by atoms with E-state index in [1.165, 1.54) is 6.07 Å². The summed E-state index contributed by atoms with van der Waals surface area (Å²) in [6.45, 7) is 2.36. The SMILES string of the molecule is COCCNCCNc1cc(F)c(I)cc1[N+](=O)[O-]. The molecule has 0 amide bonds. The van der Waals surface area contributed by atoms with Crippen LogP contribution in [0.5, 0.6) is 0 Å². The molecule has 1 rings (SSSR count). The van der Waals surface area contributed by atoms with Crippen LogP contribution in [0.3, 0.4) is 0 Å². The number of benzene rings is 1. The lowest BCUT2D eigenvalue weighted by Gasteiger charge is -2.09. The molecule has 0 aromatic heterocycles. The van der Waals surface area contributed by atoms with Crippen LogP contribution in [0.1, 0.15) is 0 Å². The van der Waals surface area contributed by atoms with Gasteiger partial charge in [0.1, 0.15) is 11.5 Å². The monoisotopic (exact) mass is 383 g/mol. The van der Waals surface area contributed by atoms with Crippen molar-refractivity contribution in [3.05, 3.63) is 31.6 Å². The van der Waals surface area contributed by atoms with Crippen LogP contribution < -0.4 is 10.6 Å². The molecule has 19 heavy (non-hydrogen) atoms. The lowest BCUT2D eigenvalue weighted by molar-refractivity contribution is -0.384. The average Bonchev–Trinajstić information content (AvgIpc) is 2.37. The first kappa shape index (κ1) is 16.1. The topological polar surface area (TPSA) is 76.4 Å². The van der Waals surface area contributed by atoms with Crippen LogP contribution in [-0.2, 0) is 4.74 Å². The number of nitrogens with zero attached hydrogens (tertiary/aromatic N) is 1. The molecule has 2 N–H and O–H groups in total. The molecular weight excluding hydrogens is 368 g/mol. The number of hydrogen-bond acceptors (Lipinski definition) is 5. The maximum absolute atomic E-state index is 13.4. The van der Waals surface area contributed by atoms with E-state index in [0.717, 1.165) is 6.07 Å². The Balaban J connectivity index is 2.57. The molecule has 0 bridgehead atoms. The third kappa shape index (κ3) is 5.25. The van der Waals surface area contributed by atoms with Gasteiger partial charge in [-0.3, -0.25) is 10.1 Å². The van der Waals surface area contributed by atoms with Gasteiger partial charge in [-0.05, 0) is 22.6 Å². The summed E-state index contributed by atoms with van der Waals surface area (Å²) >= 11 is 1.73. The van der Waals surface area contributed by atoms with E-state index in [4.69, 9.17) is 4.74 Å². The predicted molar refractivity (Wildman–Crippen MR) is 79.0 cm³/mol. The second-order valence-electron chi connectivity index (χ2n) is 3.71. The summed E-state index contributed by atoms with van der Waals surface area (Å²) in [6, 6.07) is 2.37. The van der Waals surface area contributed by atoms with Gasteiger partial charge < -0.3 is 15.4 Å². The number of ether oxygens (including phenoxy) is 1. The van der Waals surface area contributed by atoms with Crippen molar-refractivity contribution in [3.63, 3.8) is 0 Å². The lowest BCUT2D eigenvalue weighted by Crippen LogP contribution is -2.25. The predicted octanol–water partition coefficient (Wildman–Crippen LogP) is 1.99. The maximum Gasteiger partial charge on any atom is 0.293 e. The zero-order valence-corrected chi connectivity index (χ0v) is 12.6. The smallest absolute Gasteiger partial charge is 0.293 e. The fraction of sp³-hybridized carbons (Fsp3) is 0.455. The molecule has 6 nitrogen and oxygen atoms in total. The number of nitro groups is 1. The molecule has 0 saturated carbocycles. The van der Waals surface area contributed by atoms with E-state index in [-0.39, 0.29) is 14.9 Å². The van der Waals surface area contributed by atoms with Gasteiger partial charge in [-0.1, -0.05) is 0 Å². The summed E-state index contributed by atoms with van der Waals surface area (Å²) in [5.74, 6) is -0.471. The Kier molecular flexibility index (Phi) is 6.95. The fourth-order valence-corrected chi connectivity index (χ4v) is 1.86. The minimum atomic E-state index is -0.526. The quantitative estimate of drug-likeness (QED) is 0.311. The Labute approximate surface area is 124 Å². The van der Waals surface area contributed by atoms with Crippen molar-refractivity contribution in [2.75, 3.05) is 38.7 Å². The van der Waals surface area contributed by atoms with Crippen molar-refractivity contribution < 1.29 is 14.1 Å². The number of nitrogens with one attached hydrogen (secondary N) is 2. The summed E-state index contributed by atoms with van der Waals surface area (Å²) < 4.78 is 18.5. The van der Waals surface area contributed by atoms with Gasteiger partial charge in [0, 0.05) is 38.9 Å². The first-order chi connectivity index (χ1) is 9.06.